The lowest BCUT2D eigenvalue weighted by atomic mass is 9.89. The van der Waals surface area contributed by atoms with Gasteiger partial charge in [0, 0.05) is 0 Å². The molecule has 0 aromatic heterocycles. The molecule has 14 heavy (non-hydrogen) atoms. The molecule has 2 N–H and O–H groups in total. The maximum absolute atomic E-state index is 8.67. The van der Waals surface area contributed by atoms with E-state index >= 15 is 0 Å². The summed E-state index contributed by atoms with van der Waals surface area (Å²) in [5, 5.41) is 17.3. The van der Waals surface area contributed by atoms with E-state index in [2.05, 4.69) is 0 Å². The van der Waals surface area contributed by atoms with E-state index in [1.54, 1.807) is 0 Å². The first kappa shape index (κ1) is 13.8. The summed E-state index contributed by atoms with van der Waals surface area (Å²) >= 11 is 0. The molecule has 86 valence electrons. The Kier molecular flexibility index (Phi) is 5.59. The number of aliphatic hydroxyl groups excluding tert-OH is 2. The minimum absolute atomic E-state index is 0.000486. The SMILES string of the molecule is CC(C)(OCCO)C(C)(C)OCCO. The van der Waals surface area contributed by atoms with Crippen molar-refractivity contribution in [3.05, 3.63) is 0 Å². The number of hydrogen-bond donors (Lipinski definition) is 2. The third-order valence-electron chi connectivity index (χ3n) is 2.56. The number of aliphatic hydroxyl groups is 2. The molecule has 0 bridgehead atoms. The quantitative estimate of drug-likeness (QED) is 0.639. The van der Waals surface area contributed by atoms with E-state index in [1.165, 1.54) is 0 Å². The molecule has 0 radical (unpaired) electrons. The largest absolute Gasteiger partial charge is 0.394 e. The van der Waals surface area contributed by atoms with Crippen molar-refractivity contribution in [3.63, 3.8) is 0 Å². The Labute approximate surface area is 85.8 Å². The van der Waals surface area contributed by atoms with Crippen LogP contribution in [0.1, 0.15) is 27.7 Å². The third kappa shape index (κ3) is 3.92. The van der Waals surface area contributed by atoms with Crippen LogP contribution in [-0.2, 0) is 9.47 Å². The van der Waals surface area contributed by atoms with Crippen LogP contribution in [0.2, 0.25) is 0 Å². The lowest BCUT2D eigenvalue weighted by Gasteiger charge is -2.40. The van der Waals surface area contributed by atoms with Gasteiger partial charge in [-0.15, -0.1) is 0 Å². The Morgan fingerprint density at radius 3 is 1.29 bits per heavy atom. The summed E-state index contributed by atoms with van der Waals surface area (Å²) in [6.45, 7) is 8.19. The van der Waals surface area contributed by atoms with Crippen molar-refractivity contribution in [2.45, 2.75) is 38.9 Å². The molecule has 0 atom stereocenters. The third-order valence-corrected chi connectivity index (χ3v) is 2.56. The first-order valence-corrected chi connectivity index (χ1v) is 4.87. The van der Waals surface area contributed by atoms with Gasteiger partial charge in [0.2, 0.25) is 0 Å². The van der Waals surface area contributed by atoms with Crippen molar-refractivity contribution in [3.8, 4) is 0 Å². The van der Waals surface area contributed by atoms with Crippen LogP contribution in [0.15, 0.2) is 0 Å². The molecule has 0 aliphatic heterocycles. The fourth-order valence-corrected chi connectivity index (χ4v) is 0.949. The van der Waals surface area contributed by atoms with E-state index in [4.69, 9.17) is 19.7 Å². The summed E-state index contributed by atoms with van der Waals surface area (Å²) in [4.78, 5) is 0. The van der Waals surface area contributed by atoms with Crippen LogP contribution < -0.4 is 0 Å². The highest BCUT2D eigenvalue weighted by atomic mass is 16.6. The van der Waals surface area contributed by atoms with Crippen LogP contribution in [0.4, 0.5) is 0 Å². The zero-order valence-corrected chi connectivity index (χ0v) is 9.54. The van der Waals surface area contributed by atoms with Crippen molar-refractivity contribution in [1.29, 1.82) is 0 Å². The topological polar surface area (TPSA) is 58.9 Å². The van der Waals surface area contributed by atoms with Crippen molar-refractivity contribution < 1.29 is 19.7 Å². The molecule has 0 heterocycles. The molecule has 0 saturated heterocycles. The average Bonchev–Trinajstić information content (AvgIpc) is 2.11. The van der Waals surface area contributed by atoms with E-state index in [1.807, 2.05) is 27.7 Å². The highest BCUT2D eigenvalue weighted by molar-refractivity contribution is 4.89. The summed E-state index contributed by atoms with van der Waals surface area (Å²) in [5.41, 5.74) is -0.990. The second-order valence-electron chi connectivity index (χ2n) is 4.16. The van der Waals surface area contributed by atoms with Gasteiger partial charge >= 0.3 is 0 Å². The Morgan fingerprint density at radius 1 is 0.786 bits per heavy atom. The van der Waals surface area contributed by atoms with Gasteiger partial charge < -0.3 is 19.7 Å². The summed E-state index contributed by atoms with van der Waals surface area (Å²) in [6, 6.07) is 0. The minimum Gasteiger partial charge on any atom is -0.394 e. The Hall–Kier alpha value is -0.160. The van der Waals surface area contributed by atoms with Crippen molar-refractivity contribution in [2.24, 2.45) is 0 Å². The molecule has 0 aromatic carbocycles. The Morgan fingerprint density at radius 2 is 1.07 bits per heavy atom. The van der Waals surface area contributed by atoms with E-state index in [0.717, 1.165) is 0 Å². The van der Waals surface area contributed by atoms with E-state index in [9.17, 15) is 0 Å². The molecule has 0 rings (SSSR count). The van der Waals surface area contributed by atoms with Gasteiger partial charge in [0.1, 0.15) is 0 Å². The standard InChI is InChI=1S/C10H22O4/c1-9(2,13-7-5-11)10(3,4)14-8-6-12/h11-12H,5-8H2,1-4H3. The maximum Gasteiger partial charge on any atom is 0.0910 e. The maximum atomic E-state index is 8.67. The highest BCUT2D eigenvalue weighted by Gasteiger charge is 2.38. The molecule has 0 spiro atoms. The van der Waals surface area contributed by atoms with E-state index < -0.39 is 11.2 Å². The normalized spacial score (nSPS) is 13.3. The van der Waals surface area contributed by atoms with Crippen LogP contribution in [0, 0.1) is 0 Å². The molecular weight excluding hydrogens is 184 g/mol. The number of hydrogen-bond acceptors (Lipinski definition) is 4. The van der Waals surface area contributed by atoms with Gasteiger partial charge in [0.25, 0.3) is 0 Å². The lowest BCUT2D eigenvalue weighted by Crippen LogP contribution is -2.50. The molecule has 0 aliphatic carbocycles. The minimum atomic E-state index is -0.495. The van der Waals surface area contributed by atoms with Crippen molar-refractivity contribution in [2.75, 3.05) is 26.4 Å². The molecular formula is C10H22O4. The van der Waals surface area contributed by atoms with Gasteiger partial charge in [-0.05, 0) is 27.7 Å². The zero-order valence-electron chi connectivity index (χ0n) is 9.54. The molecule has 0 fully saturated rings. The predicted molar refractivity (Wildman–Crippen MR) is 54.2 cm³/mol. The zero-order chi connectivity index (χ0) is 11.2. The van der Waals surface area contributed by atoms with Crippen LogP contribution in [0.5, 0.6) is 0 Å². The monoisotopic (exact) mass is 206 g/mol. The number of ether oxygens (including phenoxy) is 2. The first-order valence-electron chi connectivity index (χ1n) is 4.87. The van der Waals surface area contributed by atoms with Gasteiger partial charge in [-0.2, -0.15) is 0 Å². The second kappa shape index (κ2) is 5.66. The van der Waals surface area contributed by atoms with Crippen LogP contribution in [-0.4, -0.2) is 47.8 Å². The highest BCUT2D eigenvalue weighted by Crippen LogP contribution is 2.28. The number of rotatable bonds is 7. The van der Waals surface area contributed by atoms with Gasteiger partial charge in [0.15, 0.2) is 0 Å². The van der Waals surface area contributed by atoms with Crippen LogP contribution in [0.25, 0.3) is 0 Å². The summed E-state index contributed by atoms with van der Waals surface area (Å²) in [5.74, 6) is 0. The second-order valence-corrected chi connectivity index (χ2v) is 4.16. The van der Waals surface area contributed by atoms with Crippen LogP contribution in [0.3, 0.4) is 0 Å². The van der Waals surface area contributed by atoms with Gasteiger partial charge in [-0.1, -0.05) is 0 Å². The smallest absolute Gasteiger partial charge is 0.0910 e. The fourth-order valence-electron chi connectivity index (χ4n) is 0.949. The summed E-state index contributed by atoms with van der Waals surface area (Å²) in [6.07, 6.45) is 0. The molecule has 0 unspecified atom stereocenters. The van der Waals surface area contributed by atoms with E-state index in [-0.39, 0.29) is 13.2 Å². The fraction of sp³-hybridized carbons (Fsp3) is 1.00. The Balaban J connectivity index is 4.20. The molecule has 4 heteroatoms. The lowest BCUT2D eigenvalue weighted by molar-refractivity contribution is -0.182. The molecule has 0 saturated carbocycles. The van der Waals surface area contributed by atoms with Gasteiger partial charge in [-0.3, -0.25) is 0 Å². The van der Waals surface area contributed by atoms with Crippen molar-refractivity contribution >= 4 is 0 Å². The van der Waals surface area contributed by atoms with Gasteiger partial charge in [0.05, 0.1) is 37.6 Å². The molecule has 0 amide bonds. The molecule has 0 aromatic rings. The van der Waals surface area contributed by atoms with E-state index in [0.29, 0.717) is 13.2 Å². The Bertz CT molecular complexity index is 136. The molecule has 0 aliphatic rings. The summed E-state index contributed by atoms with van der Waals surface area (Å²) < 4.78 is 11.0. The van der Waals surface area contributed by atoms with Crippen molar-refractivity contribution in [1.82, 2.24) is 0 Å². The average molecular weight is 206 g/mol. The summed E-state index contributed by atoms with van der Waals surface area (Å²) in [7, 11) is 0. The molecule has 4 nitrogen and oxygen atoms in total. The first-order chi connectivity index (χ1) is 6.37. The van der Waals surface area contributed by atoms with Crippen LogP contribution >= 0.6 is 0 Å². The van der Waals surface area contributed by atoms with Gasteiger partial charge in [-0.25, -0.2) is 0 Å². The predicted octanol–water partition coefficient (Wildman–Crippen LogP) is 0.561.